The van der Waals surface area contributed by atoms with E-state index in [0.717, 1.165) is 0 Å². The van der Waals surface area contributed by atoms with Crippen molar-refractivity contribution in [3.8, 4) is 10.9 Å². The summed E-state index contributed by atoms with van der Waals surface area (Å²) in [5.41, 5.74) is 18.1. The van der Waals surface area contributed by atoms with Crippen LogP contribution < -0.4 is 21.9 Å². The van der Waals surface area contributed by atoms with Gasteiger partial charge in [0, 0.05) is 6.07 Å². The molecule has 0 aliphatic heterocycles. The third-order valence-corrected chi connectivity index (χ3v) is 2.42. The lowest BCUT2D eigenvalue weighted by Gasteiger charge is -2.02. The van der Waals surface area contributed by atoms with Crippen LogP contribution in [0.25, 0.3) is 0 Å². The molecule has 8 nitrogen and oxygen atoms in total. The Labute approximate surface area is 112 Å². The van der Waals surface area contributed by atoms with Crippen molar-refractivity contribution in [3.05, 3.63) is 29.8 Å². The lowest BCUT2D eigenvalue weighted by atomic mass is 10.3. The Morgan fingerprint density at radius 2 is 2.11 bits per heavy atom. The first-order valence-corrected chi connectivity index (χ1v) is 5.99. The van der Waals surface area contributed by atoms with E-state index >= 15 is 0 Å². The summed E-state index contributed by atoms with van der Waals surface area (Å²) in [6.45, 7) is 0. The van der Waals surface area contributed by atoms with Crippen LogP contribution in [-0.2, 0) is 0 Å². The highest BCUT2D eigenvalue weighted by Crippen LogP contribution is 2.25. The van der Waals surface area contributed by atoms with Gasteiger partial charge >= 0.3 is 0 Å². The number of nitrogens with two attached hydrogens (primary N) is 3. The maximum absolute atomic E-state index is 5.53. The van der Waals surface area contributed by atoms with Crippen molar-refractivity contribution in [3.63, 3.8) is 0 Å². The lowest BCUT2D eigenvalue weighted by Crippen LogP contribution is -2.26. The zero-order chi connectivity index (χ0) is 13.7. The molecular formula is C10H11N7OS. The molecule has 0 atom stereocenters. The highest BCUT2D eigenvalue weighted by atomic mass is 32.1. The molecule has 0 radical (unpaired) electrons. The number of hydrogen-bond donors (Lipinski definition) is 3. The maximum Gasteiger partial charge on any atom is 0.299 e. The quantitative estimate of drug-likeness (QED) is 0.553. The fourth-order valence-corrected chi connectivity index (χ4v) is 1.64. The minimum Gasteiger partial charge on any atom is -0.430 e. The van der Waals surface area contributed by atoms with E-state index in [1.165, 1.54) is 11.3 Å². The van der Waals surface area contributed by atoms with Gasteiger partial charge in [0.25, 0.3) is 5.19 Å². The monoisotopic (exact) mass is 277 g/mol. The first-order chi connectivity index (χ1) is 9.13. The average molecular weight is 277 g/mol. The van der Waals surface area contributed by atoms with Gasteiger partial charge in [-0.1, -0.05) is 22.5 Å². The highest BCUT2D eigenvalue weighted by molar-refractivity contribution is 7.11. The van der Waals surface area contributed by atoms with Crippen LogP contribution in [0.15, 0.2) is 39.8 Å². The molecule has 0 saturated heterocycles. The molecule has 0 saturated carbocycles. The molecule has 6 N–H and O–H groups in total. The zero-order valence-electron chi connectivity index (χ0n) is 9.72. The van der Waals surface area contributed by atoms with E-state index in [2.05, 4.69) is 20.2 Å². The summed E-state index contributed by atoms with van der Waals surface area (Å²) in [5.74, 6) is 0.381. The number of rotatable bonds is 3. The summed E-state index contributed by atoms with van der Waals surface area (Å²) >= 11 is 1.29. The zero-order valence-corrected chi connectivity index (χ0v) is 10.5. The molecule has 0 bridgehead atoms. The average Bonchev–Trinajstić information content (AvgIpc) is 2.81. The molecule has 9 heteroatoms. The standard InChI is InChI=1S/C10H11N7OS/c11-8(12)16-9(13)15-6-2-1-3-7(4-6)18-10-17-14-5-19-10/h1-5H,(H6,11,12,13,15,16). The largest absolute Gasteiger partial charge is 0.430 e. The van der Waals surface area contributed by atoms with Gasteiger partial charge in [0.1, 0.15) is 11.3 Å². The van der Waals surface area contributed by atoms with Gasteiger partial charge in [-0.3, -0.25) is 0 Å². The summed E-state index contributed by atoms with van der Waals surface area (Å²) < 4.78 is 5.47. The van der Waals surface area contributed by atoms with Gasteiger partial charge in [0.2, 0.25) is 5.96 Å². The molecule has 0 spiro atoms. The van der Waals surface area contributed by atoms with Gasteiger partial charge in [-0.2, -0.15) is 4.99 Å². The second-order valence-corrected chi connectivity index (χ2v) is 4.11. The van der Waals surface area contributed by atoms with E-state index in [9.17, 15) is 0 Å². The number of aromatic nitrogens is 2. The van der Waals surface area contributed by atoms with Crippen molar-refractivity contribution >= 4 is 28.9 Å². The molecule has 0 aliphatic carbocycles. The van der Waals surface area contributed by atoms with Crippen molar-refractivity contribution in [1.29, 1.82) is 0 Å². The van der Waals surface area contributed by atoms with E-state index in [1.807, 2.05) is 0 Å². The predicted molar refractivity (Wildman–Crippen MR) is 73.5 cm³/mol. The Balaban J connectivity index is 2.17. The molecule has 98 valence electrons. The topological polar surface area (TPSA) is 138 Å². The molecule has 2 aromatic rings. The van der Waals surface area contributed by atoms with Crippen LogP contribution in [0.2, 0.25) is 0 Å². The van der Waals surface area contributed by atoms with E-state index in [1.54, 1.807) is 29.8 Å². The summed E-state index contributed by atoms with van der Waals surface area (Å²) in [5, 5.41) is 7.89. The number of benzene rings is 1. The summed E-state index contributed by atoms with van der Waals surface area (Å²) in [6, 6.07) is 6.94. The third-order valence-electron chi connectivity index (χ3n) is 1.85. The van der Waals surface area contributed by atoms with Crippen LogP contribution in [0.4, 0.5) is 5.69 Å². The van der Waals surface area contributed by atoms with Gasteiger partial charge in [-0.15, -0.1) is 5.10 Å². The van der Waals surface area contributed by atoms with Crippen LogP contribution in [-0.4, -0.2) is 22.1 Å². The van der Waals surface area contributed by atoms with Gasteiger partial charge in [-0.25, -0.2) is 4.99 Å². The van der Waals surface area contributed by atoms with Crippen molar-refractivity contribution in [1.82, 2.24) is 10.2 Å². The summed E-state index contributed by atoms with van der Waals surface area (Å²) in [6.07, 6.45) is 0. The number of ether oxygens (including phenoxy) is 1. The molecule has 0 fully saturated rings. The van der Waals surface area contributed by atoms with Crippen molar-refractivity contribution < 1.29 is 4.74 Å². The number of guanidine groups is 2. The Kier molecular flexibility index (Phi) is 3.88. The summed E-state index contributed by atoms with van der Waals surface area (Å²) in [7, 11) is 0. The lowest BCUT2D eigenvalue weighted by molar-refractivity contribution is 0.473. The molecule has 0 amide bonds. The second-order valence-electron chi connectivity index (χ2n) is 3.31. The molecule has 1 aromatic carbocycles. The van der Waals surface area contributed by atoms with Crippen LogP contribution in [0.1, 0.15) is 0 Å². The molecule has 2 rings (SSSR count). The van der Waals surface area contributed by atoms with E-state index in [-0.39, 0.29) is 11.9 Å². The van der Waals surface area contributed by atoms with E-state index in [0.29, 0.717) is 16.6 Å². The maximum atomic E-state index is 5.53. The second kappa shape index (κ2) is 5.78. The molecule has 19 heavy (non-hydrogen) atoms. The van der Waals surface area contributed by atoms with Crippen LogP contribution in [0, 0.1) is 0 Å². The predicted octanol–water partition coefficient (Wildman–Crippen LogP) is 0.550. The molecule has 0 unspecified atom stereocenters. The van der Waals surface area contributed by atoms with E-state index in [4.69, 9.17) is 21.9 Å². The fourth-order valence-electron chi connectivity index (χ4n) is 1.21. The molecular weight excluding hydrogens is 266 g/mol. The van der Waals surface area contributed by atoms with Crippen molar-refractivity contribution in [2.24, 2.45) is 27.2 Å². The van der Waals surface area contributed by atoms with Crippen molar-refractivity contribution in [2.75, 3.05) is 0 Å². The fraction of sp³-hybridized carbons (Fsp3) is 0. The molecule has 0 aliphatic rings. The molecule has 1 heterocycles. The third kappa shape index (κ3) is 3.92. The van der Waals surface area contributed by atoms with Gasteiger partial charge in [0.15, 0.2) is 5.96 Å². The van der Waals surface area contributed by atoms with Gasteiger partial charge in [-0.05, 0) is 12.1 Å². The Hall–Kier alpha value is -2.68. The minimum absolute atomic E-state index is 0.0342. The van der Waals surface area contributed by atoms with Gasteiger partial charge in [0.05, 0.1) is 5.69 Å². The van der Waals surface area contributed by atoms with Crippen LogP contribution in [0.5, 0.6) is 10.9 Å². The number of hydrogen-bond acceptors (Lipinski definition) is 5. The first kappa shape index (κ1) is 12.8. The smallest absolute Gasteiger partial charge is 0.299 e. The molecule has 1 aromatic heterocycles. The normalized spacial score (nSPS) is 11.1. The number of nitrogens with zero attached hydrogens (tertiary/aromatic N) is 4. The Morgan fingerprint density at radius 1 is 1.26 bits per heavy atom. The Morgan fingerprint density at radius 3 is 2.79 bits per heavy atom. The van der Waals surface area contributed by atoms with Gasteiger partial charge < -0.3 is 21.9 Å². The van der Waals surface area contributed by atoms with Crippen LogP contribution >= 0.6 is 11.3 Å². The Bertz CT molecular complexity index is 604. The van der Waals surface area contributed by atoms with Crippen LogP contribution in [0.3, 0.4) is 0 Å². The summed E-state index contributed by atoms with van der Waals surface area (Å²) in [4.78, 5) is 7.64. The first-order valence-electron chi connectivity index (χ1n) is 5.11. The van der Waals surface area contributed by atoms with E-state index < -0.39 is 0 Å². The highest BCUT2D eigenvalue weighted by Gasteiger charge is 2.01. The minimum atomic E-state index is -0.150. The SMILES string of the molecule is NC(N)=NC(N)=Nc1cccc(Oc2nncs2)c1. The van der Waals surface area contributed by atoms with Crippen molar-refractivity contribution in [2.45, 2.75) is 0 Å². The number of aliphatic imine (C=N–C) groups is 2.